The summed E-state index contributed by atoms with van der Waals surface area (Å²) >= 11 is 0. The molecule has 0 unspecified atom stereocenters. The predicted octanol–water partition coefficient (Wildman–Crippen LogP) is 1.51. The number of carbonyl (C=O) groups excluding carboxylic acids is 2. The van der Waals surface area contributed by atoms with Gasteiger partial charge in [-0.05, 0) is 44.0 Å². The van der Waals surface area contributed by atoms with Gasteiger partial charge in [-0.3, -0.25) is 14.3 Å². The van der Waals surface area contributed by atoms with E-state index in [0.29, 0.717) is 24.1 Å². The zero-order chi connectivity index (χ0) is 16.8. The summed E-state index contributed by atoms with van der Waals surface area (Å²) in [6.07, 6.45) is 0. The summed E-state index contributed by atoms with van der Waals surface area (Å²) in [5.74, 6) is -1.05. The van der Waals surface area contributed by atoms with Crippen LogP contribution in [0.2, 0.25) is 0 Å². The number of hydrogen-bond acceptors (Lipinski definition) is 5. The molecule has 1 amide bonds. The summed E-state index contributed by atoms with van der Waals surface area (Å²) in [5.41, 5.74) is 7.69. The first-order valence-corrected chi connectivity index (χ1v) is 7.36. The third kappa shape index (κ3) is 3.05. The third-order valence-corrected chi connectivity index (χ3v) is 3.52. The zero-order valence-electron chi connectivity index (χ0n) is 13.4. The molecule has 7 heteroatoms. The van der Waals surface area contributed by atoms with E-state index in [1.54, 1.807) is 20.8 Å². The van der Waals surface area contributed by atoms with E-state index in [1.807, 2.05) is 12.1 Å². The molecule has 0 spiro atoms. The van der Waals surface area contributed by atoms with Crippen molar-refractivity contribution >= 4 is 22.8 Å². The zero-order valence-corrected chi connectivity index (χ0v) is 13.4. The van der Waals surface area contributed by atoms with Crippen molar-refractivity contribution < 1.29 is 19.1 Å². The molecule has 1 aromatic carbocycles. The first-order chi connectivity index (χ1) is 10.7. The van der Waals surface area contributed by atoms with Gasteiger partial charge in [-0.15, -0.1) is 0 Å². The predicted molar refractivity (Wildman–Crippen MR) is 82.6 cm³/mol. The standard InChI is InChI=1S/C16H19N3O4/c1-16(2,3)23-13(20)6-19-12-5-10-8-22-7-9(10)4-11(12)14(18-19)15(17)21/h4-5H,6-8H2,1-3H3,(H2,17,21). The molecule has 0 bridgehead atoms. The lowest BCUT2D eigenvalue weighted by molar-refractivity contribution is -0.155. The molecular formula is C16H19N3O4. The Morgan fingerprint density at radius 2 is 1.96 bits per heavy atom. The van der Waals surface area contributed by atoms with Crippen LogP contribution in [0, 0.1) is 0 Å². The lowest BCUT2D eigenvalue weighted by Crippen LogP contribution is -2.27. The highest BCUT2D eigenvalue weighted by Gasteiger charge is 2.23. The van der Waals surface area contributed by atoms with Crippen molar-refractivity contribution in [1.82, 2.24) is 9.78 Å². The van der Waals surface area contributed by atoms with Crippen molar-refractivity contribution in [3.63, 3.8) is 0 Å². The number of nitrogens with two attached hydrogens (primary N) is 1. The van der Waals surface area contributed by atoms with Crippen LogP contribution in [0.1, 0.15) is 42.4 Å². The van der Waals surface area contributed by atoms with Gasteiger partial charge in [0, 0.05) is 5.39 Å². The highest BCUT2D eigenvalue weighted by atomic mass is 16.6. The second-order valence-corrected chi connectivity index (χ2v) is 6.59. The number of fused-ring (bicyclic) bond motifs is 2. The van der Waals surface area contributed by atoms with Crippen LogP contribution in [0.4, 0.5) is 0 Å². The van der Waals surface area contributed by atoms with Crippen LogP contribution in [0.3, 0.4) is 0 Å². The van der Waals surface area contributed by atoms with Gasteiger partial charge in [0.2, 0.25) is 0 Å². The molecule has 2 N–H and O–H groups in total. The van der Waals surface area contributed by atoms with E-state index >= 15 is 0 Å². The third-order valence-electron chi connectivity index (χ3n) is 3.52. The average molecular weight is 317 g/mol. The molecule has 1 aliphatic heterocycles. The monoisotopic (exact) mass is 317 g/mol. The van der Waals surface area contributed by atoms with E-state index in [-0.39, 0.29) is 12.2 Å². The second kappa shape index (κ2) is 5.34. The van der Waals surface area contributed by atoms with Gasteiger partial charge >= 0.3 is 5.97 Å². The molecule has 0 saturated carbocycles. The largest absolute Gasteiger partial charge is 0.459 e. The SMILES string of the molecule is CC(C)(C)OC(=O)Cn1nc(C(N)=O)c2cc3c(cc21)COC3. The summed E-state index contributed by atoms with van der Waals surface area (Å²) in [4.78, 5) is 23.7. The van der Waals surface area contributed by atoms with E-state index in [0.717, 1.165) is 11.1 Å². The molecule has 1 aromatic heterocycles. The van der Waals surface area contributed by atoms with Crippen LogP contribution in [-0.4, -0.2) is 27.3 Å². The first-order valence-electron chi connectivity index (χ1n) is 7.36. The van der Waals surface area contributed by atoms with Crippen LogP contribution in [-0.2, 0) is 34.0 Å². The van der Waals surface area contributed by atoms with Gasteiger partial charge < -0.3 is 15.2 Å². The maximum atomic E-state index is 12.1. The Kier molecular flexibility index (Phi) is 3.60. The first kappa shape index (κ1) is 15.5. The van der Waals surface area contributed by atoms with Crippen molar-refractivity contribution in [2.75, 3.05) is 0 Å². The Morgan fingerprint density at radius 3 is 2.57 bits per heavy atom. The lowest BCUT2D eigenvalue weighted by Gasteiger charge is -2.19. The lowest BCUT2D eigenvalue weighted by atomic mass is 10.1. The number of ether oxygens (including phenoxy) is 2. The van der Waals surface area contributed by atoms with Crippen LogP contribution in [0.5, 0.6) is 0 Å². The maximum absolute atomic E-state index is 12.1. The van der Waals surface area contributed by atoms with Gasteiger partial charge in [0.1, 0.15) is 12.1 Å². The highest BCUT2D eigenvalue weighted by Crippen LogP contribution is 2.28. The Bertz CT molecular complexity index is 802. The van der Waals surface area contributed by atoms with E-state index in [2.05, 4.69) is 5.10 Å². The summed E-state index contributed by atoms with van der Waals surface area (Å²) in [6.45, 7) is 6.32. The van der Waals surface area contributed by atoms with Gasteiger partial charge in [0.15, 0.2) is 5.69 Å². The number of primary amides is 1. The Balaban J connectivity index is 2.03. The van der Waals surface area contributed by atoms with Crippen molar-refractivity contribution in [2.45, 2.75) is 46.1 Å². The quantitative estimate of drug-likeness (QED) is 0.866. The Labute approximate surface area is 133 Å². The number of benzene rings is 1. The second-order valence-electron chi connectivity index (χ2n) is 6.59. The number of rotatable bonds is 3. The van der Waals surface area contributed by atoms with Crippen molar-refractivity contribution in [3.8, 4) is 0 Å². The van der Waals surface area contributed by atoms with Crippen molar-refractivity contribution in [3.05, 3.63) is 29.0 Å². The van der Waals surface area contributed by atoms with Gasteiger partial charge in [-0.2, -0.15) is 5.10 Å². The molecule has 7 nitrogen and oxygen atoms in total. The molecule has 23 heavy (non-hydrogen) atoms. The van der Waals surface area contributed by atoms with E-state index < -0.39 is 17.5 Å². The summed E-state index contributed by atoms with van der Waals surface area (Å²) < 4.78 is 12.2. The van der Waals surface area contributed by atoms with Gasteiger partial charge in [-0.25, -0.2) is 0 Å². The molecular weight excluding hydrogens is 298 g/mol. The Hall–Kier alpha value is -2.41. The van der Waals surface area contributed by atoms with Gasteiger partial charge in [0.25, 0.3) is 5.91 Å². The maximum Gasteiger partial charge on any atom is 0.328 e. The average Bonchev–Trinajstić information content (AvgIpc) is 2.98. The van der Waals surface area contributed by atoms with Gasteiger partial charge in [-0.1, -0.05) is 0 Å². The fourth-order valence-corrected chi connectivity index (χ4v) is 2.65. The summed E-state index contributed by atoms with van der Waals surface area (Å²) in [7, 11) is 0. The molecule has 2 heterocycles. The van der Waals surface area contributed by atoms with Crippen LogP contribution < -0.4 is 5.73 Å². The fourth-order valence-electron chi connectivity index (χ4n) is 2.65. The van der Waals surface area contributed by atoms with Crippen LogP contribution in [0.15, 0.2) is 12.1 Å². The molecule has 3 rings (SSSR count). The van der Waals surface area contributed by atoms with E-state index in [1.165, 1.54) is 4.68 Å². The van der Waals surface area contributed by atoms with E-state index in [4.69, 9.17) is 15.2 Å². The number of aromatic nitrogens is 2. The normalized spacial score (nSPS) is 14.0. The molecule has 0 fully saturated rings. The molecule has 2 aromatic rings. The molecule has 0 radical (unpaired) electrons. The molecule has 0 aliphatic carbocycles. The van der Waals surface area contributed by atoms with Crippen LogP contribution >= 0.6 is 0 Å². The summed E-state index contributed by atoms with van der Waals surface area (Å²) in [6, 6.07) is 3.75. The van der Waals surface area contributed by atoms with Crippen LogP contribution in [0.25, 0.3) is 10.9 Å². The minimum atomic E-state index is -0.628. The minimum absolute atomic E-state index is 0.0826. The number of carbonyl (C=O) groups is 2. The van der Waals surface area contributed by atoms with E-state index in [9.17, 15) is 9.59 Å². The van der Waals surface area contributed by atoms with Crippen molar-refractivity contribution in [2.24, 2.45) is 5.73 Å². The fraction of sp³-hybridized carbons (Fsp3) is 0.438. The van der Waals surface area contributed by atoms with Crippen molar-refractivity contribution in [1.29, 1.82) is 0 Å². The van der Waals surface area contributed by atoms with Gasteiger partial charge in [0.05, 0.1) is 18.7 Å². The number of hydrogen-bond donors (Lipinski definition) is 1. The number of nitrogens with zero attached hydrogens (tertiary/aromatic N) is 2. The highest BCUT2D eigenvalue weighted by molar-refractivity contribution is 6.04. The topological polar surface area (TPSA) is 96.4 Å². The molecule has 0 atom stereocenters. The molecule has 122 valence electrons. The number of amides is 1. The minimum Gasteiger partial charge on any atom is -0.459 e. The number of esters is 1. The summed E-state index contributed by atoms with van der Waals surface area (Å²) in [5, 5.41) is 4.83. The molecule has 0 saturated heterocycles. The Morgan fingerprint density at radius 1 is 1.30 bits per heavy atom. The smallest absolute Gasteiger partial charge is 0.328 e. The molecule has 1 aliphatic rings.